The van der Waals surface area contributed by atoms with Gasteiger partial charge in [-0.25, -0.2) is 13.4 Å². The van der Waals surface area contributed by atoms with E-state index in [0.29, 0.717) is 12.2 Å². The number of anilines is 1. The minimum Gasteiger partial charge on any atom is -0.382 e. The lowest BCUT2D eigenvalue weighted by atomic mass is 10.3. The van der Waals surface area contributed by atoms with Gasteiger partial charge in [-0.1, -0.05) is 0 Å². The van der Waals surface area contributed by atoms with Crippen molar-refractivity contribution in [3.8, 4) is 0 Å². The Morgan fingerprint density at radius 3 is 2.85 bits per heavy atom. The van der Waals surface area contributed by atoms with Gasteiger partial charge in [0.25, 0.3) is 0 Å². The van der Waals surface area contributed by atoms with E-state index in [1.54, 1.807) is 17.1 Å². The monoisotopic (exact) mass is 201 g/mol. The average Bonchev–Trinajstić information content (AvgIpc) is 2.56. The van der Waals surface area contributed by atoms with E-state index in [2.05, 4.69) is 4.98 Å². The van der Waals surface area contributed by atoms with Crippen molar-refractivity contribution in [1.82, 2.24) is 9.55 Å². The molecule has 0 saturated carbocycles. The molecule has 0 aliphatic carbocycles. The molecule has 2 rings (SSSR count). The summed E-state index contributed by atoms with van der Waals surface area (Å²) in [5.74, 6) is 0.919. The third-order valence-corrected chi connectivity index (χ3v) is 4.00. The number of imidazole rings is 1. The van der Waals surface area contributed by atoms with Gasteiger partial charge in [0, 0.05) is 12.2 Å². The first-order valence-corrected chi connectivity index (χ1v) is 5.88. The summed E-state index contributed by atoms with van der Waals surface area (Å²) in [5, 5.41) is 0. The highest BCUT2D eigenvalue weighted by Gasteiger charge is 2.28. The fourth-order valence-corrected chi connectivity index (χ4v) is 3.29. The van der Waals surface area contributed by atoms with Gasteiger partial charge in [0.15, 0.2) is 9.84 Å². The lowest BCUT2D eigenvalue weighted by Gasteiger charge is -2.07. The SMILES string of the molecule is Nc1cn(C2CCS(=O)(=O)C2)cn1. The van der Waals surface area contributed by atoms with Crippen molar-refractivity contribution in [1.29, 1.82) is 0 Å². The van der Waals surface area contributed by atoms with Crippen molar-refractivity contribution in [2.75, 3.05) is 17.2 Å². The van der Waals surface area contributed by atoms with Crippen LogP contribution in [0.2, 0.25) is 0 Å². The highest BCUT2D eigenvalue weighted by Crippen LogP contribution is 2.23. The average molecular weight is 201 g/mol. The molecule has 1 fully saturated rings. The topological polar surface area (TPSA) is 78.0 Å². The Kier molecular flexibility index (Phi) is 1.80. The molecule has 1 aromatic rings. The number of aromatic nitrogens is 2. The maximum Gasteiger partial charge on any atom is 0.152 e. The van der Waals surface area contributed by atoms with Crippen LogP contribution in [0.4, 0.5) is 5.82 Å². The van der Waals surface area contributed by atoms with Crippen LogP contribution in [0.5, 0.6) is 0 Å². The summed E-state index contributed by atoms with van der Waals surface area (Å²) in [6.45, 7) is 0. The molecule has 0 radical (unpaired) electrons. The second-order valence-electron chi connectivity index (χ2n) is 3.30. The van der Waals surface area contributed by atoms with E-state index in [4.69, 9.17) is 5.73 Å². The molecule has 1 aromatic heterocycles. The van der Waals surface area contributed by atoms with E-state index < -0.39 is 9.84 Å². The van der Waals surface area contributed by atoms with Crippen LogP contribution >= 0.6 is 0 Å². The predicted molar refractivity (Wildman–Crippen MR) is 48.9 cm³/mol. The maximum atomic E-state index is 11.2. The molecule has 1 aliphatic heterocycles. The Morgan fingerprint density at radius 1 is 1.62 bits per heavy atom. The molecule has 2 N–H and O–H groups in total. The second-order valence-corrected chi connectivity index (χ2v) is 5.53. The lowest BCUT2D eigenvalue weighted by Crippen LogP contribution is -2.09. The quantitative estimate of drug-likeness (QED) is 0.684. The second kappa shape index (κ2) is 2.73. The molecule has 1 unspecified atom stereocenters. The Hall–Kier alpha value is -1.04. The largest absolute Gasteiger partial charge is 0.382 e. The molecule has 0 bridgehead atoms. The number of nitrogen functional groups attached to an aromatic ring is 1. The number of hydrogen-bond donors (Lipinski definition) is 1. The normalized spacial score (nSPS) is 26.3. The Labute approximate surface area is 76.5 Å². The van der Waals surface area contributed by atoms with Crippen molar-refractivity contribution >= 4 is 15.7 Å². The summed E-state index contributed by atoms with van der Waals surface area (Å²) >= 11 is 0. The third kappa shape index (κ3) is 1.67. The van der Waals surface area contributed by atoms with E-state index in [1.807, 2.05) is 0 Å². The van der Waals surface area contributed by atoms with Crippen molar-refractivity contribution in [3.05, 3.63) is 12.5 Å². The Bertz CT molecular complexity index is 409. The first kappa shape index (κ1) is 8.55. The number of hydrogen-bond acceptors (Lipinski definition) is 4. The zero-order chi connectivity index (χ0) is 9.47. The molecule has 1 aliphatic rings. The lowest BCUT2D eigenvalue weighted by molar-refractivity contribution is 0.555. The molecule has 13 heavy (non-hydrogen) atoms. The number of sulfone groups is 1. The summed E-state index contributed by atoms with van der Waals surface area (Å²) in [4.78, 5) is 3.85. The molecule has 5 nitrogen and oxygen atoms in total. The fraction of sp³-hybridized carbons (Fsp3) is 0.571. The van der Waals surface area contributed by atoms with Gasteiger partial charge in [0.1, 0.15) is 5.82 Å². The van der Waals surface area contributed by atoms with Gasteiger partial charge in [-0.2, -0.15) is 0 Å². The van der Waals surface area contributed by atoms with Crippen molar-refractivity contribution in [2.24, 2.45) is 0 Å². The van der Waals surface area contributed by atoms with Crippen molar-refractivity contribution in [2.45, 2.75) is 12.5 Å². The third-order valence-electron chi connectivity index (χ3n) is 2.25. The van der Waals surface area contributed by atoms with E-state index in [-0.39, 0.29) is 17.5 Å². The first-order valence-electron chi connectivity index (χ1n) is 4.06. The number of rotatable bonds is 1. The molecular weight excluding hydrogens is 190 g/mol. The van der Waals surface area contributed by atoms with Crippen molar-refractivity contribution < 1.29 is 8.42 Å². The van der Waals surface area contributed by atoms with Crippen LogP contribution in [-0.2, 0) is 9.84 Å². The number of nitrogens with two attached hydrogens (primary N) is 1. The van der Waals surface area contributed by atoms with Gasteiger partial charge in [-0.05, 0) is 6.42 Å². The molecular formula is C7H11N3O2S. The van der Waals surface area contributed by atoms with Gasteiger partial charge in [0.2, 0.25) is 0 Å². The van der Waals surface area contributed by atoms with Gasteiger partial charge < -0.3 is 10.3 Å². The zero-order valence-corrected chi connectivity index (χ0v) is 7.87. The van der Waals surface area contributed by atoms with Crippen LogP contribution in [0.1, 0.15) is 12.5 Å². The summed E-state index contributed by atoms with van der Waals surface area (Å²) in [5.41, 5.74) is 5.43. The van der Waals surface area contributed by atoms with Crippen LogP contribution in [0.15, 0.2) is 12.5 Å². The van der Waals surface area contributed by atoms with Gasteiger partial charge in [0.05, 0.1) is 17.8 Å². The van der Waals surface area contributed by atoms with E-state index in [0.717, 1.165) is 0 Å². The standard InChI is InChI=1S/C7H11N3O2S/c8-7-3-10(5-9-7)6-1-2-13(11,12)4-6/h3,5-6H,1-2,4,8H2. The maximum absolute atomic E-state index is 11.2. The van der Waals surface area contributed by atoms with Gasteiger partial charge in [-0.15, -0.1) is 0 Å². The molecule has 72 valence electrons. The van der Waals surface area contributed by atoms with Crippen LogP contribution in [0.3, 0.4) is 0 Å². The summed E-state index contributed by atoms with van der Waals surface area (Å²) in [7, 11) is -2.82. The van der Waals surface area contributed by atoms with Crippen molar-refractivity contribution in [3.63, 3.8) is 0 Å². The Balaban J connectivity index is 2.21. The fourth-order valence-electron chi connectivity index (χ4n) is 1.56. The predicted octanol–water partition coefficient (Wildman–Crippen LogP) is -0.175. The summed E-state index contributed by atoms with van der Waals surface area (Å²) in [6.07, 6.45) is 3.92. The molecule has 6 heteroatoms. The summed E-state index contributed by atoms with van der Waals surface area (Å²) in [6, 6.07) is 0.0230. The molecule has 2 heterocycles. The molecule has 0 spiro atoms. The minimum absolute atomic E-state index is 0.0230. The highest BCUT2D eigenvalue weighted by molar-refractivity contribution is 7.91. The van der Waals surface area contributed by atoms with E-state index in [9.17, 15) is 8.42 Å². The van der Waals surface area contributed by atoms with Crippen LogP contribution < -0.4 is 5.73 Å². The molecule has 0 amide bonds. The minimum atomic E-state index is -2.82. The smallest absolute Gasteiger partial charge is 0.152 e. The molecule has 1 saturated heterocycles. The summed E-state index contributed by atoms with van der Waals surface area (Å²) < 4.78 is 24.1. The molecule has 0 aromatic carbocycles. The molecule has 1 atom stereocenters. The van der Waals surface area contributed by atoms with Crippen LogP contribution in [0.25, 0.3) is 0 Å². The van der Waals surface area contributed by atoms with Gasteiger partial charge in [-0.3, -0.25) is 0 Å². The number of nitrogens with zero attached hydrogens (tertiary/aromatic N) is 2. The first-order chi connectivity index (χ1) is 6.07. The highest BCUT2D eigenvalue weighted by atomic mass is 32.2. The van der Waals surface area contributed by atoms with E-state index in [1.165, 1.54) is 0 Å². The van der Waals surface area contributed by atoms with E-state index >= 15 is 0 Å². The van der Waals surface area contributed by atoms with Gasteiger partial charge >= 0.3 is 0 Å². The van der Waals surface area contributed by atoms with Crippen LogP contribution in [0, 0.1) is 0 Å². The zero-order valence-electron chi connectivity index (χ0n) is 7.05. The Morgan fingerprint density at radius 2 is 2.38 bits per heavy atom. The van der Waals surface area contributed by atoms with Crippen LogP contribution in [-0.4, -0.2) is 29.5 Å².